The van der Waals surface area contributed by atoms with Crippen molar-refractivity contribution in [1.29, 1.82) is 0 Å². The van der Waals surface area contributed by atoms with Crippen molar-refractivity contribution >= 4 is 11.6 Å². The molecule has 1 aliphatic heterocycles. The topological polar surface area (TPSA) is 58.8 Å². The Balaban J connectivity index is 2.07. The first-order valence-electron chi connectivity index (χ1n) is 7.58. The molecule has 0 spiro atoms. The second kappa shape index (κ2) is 6.80. The van der Waals surface area contributed by atoms with Crippen LogP contribution in [0.5, 0.6) is 5.75 Å². The molecule has 1 saturated heterocycles. The van der Waals surface area contributed by atoms with Crippen LogP contribution in [0.4, 0.5) is 5.69 Å². The van der Waals surface area contributed by atoms with Crippen LogP contribution in [0.3, 0.4) is 0 Å². The lowest BCUT2D eigenvalue weighted by Crippen LogP contribution is -2.50. The molecule has 5 heteroatoms. The summed E-state index contributed by atoms with van der Waals surface area (Å²) in [6, 6.07) is 5.77. The van der Waals surface area contributed by atoms with Gasteiger partial charge < -0.3 is 15.4 Å². The van der Waals surface area contributed by atoms with E-state index < -0.39 is 0 Å². The number of nitrogen functional groups attached to an aromatic ring is 1. The summed E-state index contributed by atoms with van der Waals surface area (Å²) in [6.07, 6.45) is 0. The molecule has 0 saturated carbocycles. The fourth-order valence-corrected chi connectivity index (χ4v) is 2.62. The molecule has 0 aliphatic carbocycles. The molecule has 0 atom stereocenters. The summed E-state index contributed by atoms with van der Waals surface area (Å²) in [5.41, 5.74) is 7.03. The maximum absolute atomic E-state index is 12.6. The Morgan fingerprint density at radius 1 is 1.24 bits per heavy atom. The molecule has 1 fully saturated rings. The highest BCUT2D eigenvalue weighted by Gasteiger charge is 2.23. The van der Waals surface area contributed by atoms with Crippen molar-refractivity contribution in [3.05, 3.63) is 23.8 Å². The Bertz CT molecular complexity index is 494. The van der Waals surface area contributed by atoms with Crippen LogP contribution in [0.2, 0.25) is 0 Å². The number of rotatable bonds is 4. The van der Waals surface area contributed by atoms with E-state index in [0.29, 0.717) is 29.6 Å². The number of amides is 1. The number of carbonyl (C=O) groups is 1. The lowest BCUT2D eigenvalue weighted by molar-refractivity contribution is 0.0595. The van der Waals surface area contributed by atoms with E-state index in [9.17, 15) is 4.79 Å². The molecule has 2 rings (SSSR count). The second-order valence-electron chi connectivity index (χ2n) is 5.65. The molecule has 21 heavy (non-hydrogen) atoms. The predicted octanol–water partition coefficient (Wildman–Crippen LogP) is 1.83. The first-order chi connectivity index (χ1) is 10.0. The van der Waals surface area contributed by atoms with Crippen molar-refractivity contribution < 1.29 is 9.53 Å². The van der Waals surface area contributed by atoms with E-state index >= 15 is 0 Å². The third kappa shape index (κ3) is 3.88. The van der Waals surface area contributed by atoms with Gasteiger partial charge in [-0.1, -0.05) is 0 Å². The van der Waals surface area contributed by atoms with Gasteiger partial charge in [0.05, 0.1) is 6.61 Å². The highest BCUT2D eigenvalue weighted by Crippen LogP contribution is 2.21. The molecular formula is C16H25N3O2. The van der Waals surface area contributed by atoms with Crippen LogP contribution in [-0.2, 0) is 0 Å². The van der Waals surface area contributed by atoms with Gasteiger partial charge in [0, 0.05) is 49.5 Å². The SMILES string of the molecule is CCOc1cc(N)cc(C(=O)N2CCN(C(C)C)CC2)c1. The van der Waals surface area contributed by atoms with Crippen LogP contribution in [0, 0.1) is 0 Å². The third-order valence-corrected chi connectivity index (χ3v) is 3.82. The van der Waals surface area contributed by atoms with Gasteiger partial charge in [0.1, 0.15) is 5.75 Å². The van der Waals surface area contributed by atoms with Gasteiger partial charge in [0.15, 0.2) is 0 Å². The number of benzene rings is 1. The first-order valence-corrected chi connectivity index (χ1v) is 7.58. The van der Waals surface area contributed by atoms with Crippen LogP contribution in [0.15, 0.2) is 18.2 Å². The minimum atomic E-state index is 0.0339. The van der Waals surface area contributed by atoms with E-state index in [1.807, 2.05) is 11.8 Å². The molecule has 2 N–H and O–H groups in total. The number of nitrogens with zero attached hydrogens (tertiary/aromatic N) is 2. The quantitative estimate of drug-likeness (QED) is 0.860. The smallest absolute Gasteiger partial charge is 0.254 e. The van der Waals surface area contributed by atoms with E-state index in [4.69, 9.17) is 10.5 Å². The normalized spacial score (nSPS) is 16.3. The lowest BCUT2D eigenvalue weighted by atomic mass is 10.1. The zero-order valence-corrected chi connectivity index (χ0v) is 13.1. The summed E-state index contributed by atoms with van der Waals surface area (Å²) in [5, 5.41) is 0. The predicted molar refractivity (Wildman–Crippen MR) is 84.6 cm³/mol. The van der Waals surface area contributed by atoms with E-state index in [1.54, 1.807) is 18.2 Å². The van der Waals surface area contributed by atoms with Crippen molar-refractivity contribution in [2.24, 2.45) is 0 Å². The van der Waals surface area contributed by atoms with Crippen LogP contribution in [-0.4, -0.2) is 54.5 Å². The summed E-state index contributed by atoms with van der Waals surface area (Å²) in [4.78, 5) is 16.9. The molecule has 1 amide bonds. The summed E-state index contributed by atoms with van der Waals surface area (Å²) >= 11 is 0. The lowest BCUT2D eigenvalue weighted by Gasteiger charge is -2.37. The van der Waals surface area contributed by atoms with E-state index in [1.165, 1.54) is 0 Å². The Hall–Kier alpha value is -1.75. The van der Waals surface area contributed by atoms with Gasteiger partial charge in [0.25, 0.3) is 5.91 Å². The maximum atomic E-state index is 12.6. The van der Waals surface area contributed by atoms with Gasteiger partial charge in [-0.3, -0.25) is 9.69 Å². The number of hydrogen-bond donors (Lipinski definition) is 1. The number of anilines is 1. The molecule has 1 aromatic carbocycles. The number of piperazine rings is 1. The van der Waals surface area contributed by atoms with E-state index in [-0.39, 0.29) is 5.91 Å². The maximum Gasteiger partial charge on any atom is 0.254 e. The van der Waals surface area contributed by atoms with E-state index in [2.05, 4.69) is 18.7 Å². The zero-order valence-electron chi connectivity index (χ0n) is 13.1. The molecule has 1 aliphatic rings. The first kappa shape index (κ1) is 15.6. The average molecular weight is 291 g/mol. The molecule has 116 valence electrons. The van der Waals surface area contributed by atoms with Crippen molar-refractivity contribution in [2.45, 2.75) is 26.8 Å². The zero-order chi connectivity index (χ0) is 15.4. The van der Waals surface area contributed by atoms with Crippen molar-refractivity contribution in [3.63, 3.8) is 0 Å². The summed E-state index contributed by atoms with van der Waals surface area (Å²) in [6.45, 7) is 10.2. The summed E-state index contributed by atoms with van der Waals surface area (Å²) in [7, 11) is 0. The molecule has 0 radical (unpaired) electrons. The Labute approximate surface area is 126 Å². The Kier molecular flexibility index (Phi) is 5.07. The number of carbonyl (C=O) groups excluding carboxylic acids is 1. The van der Waals surface area contributed by atoms with Crippen molar-refractivity contribution in [3.8, 4) is 5.75 Å². The highest BCUT2D eigenvalue weighted by molar-refractivity contribution is 5.95. The molecule has 0 unspecified atom stereocenters. The van der Waals surface area contributed by atoms with Gasteiger partial charge in [-0.25, -0.2) is 0 Å². The summed E-state index contributed by atoms with van der Waals surface area (Å²) in [5.74, 6) is 0.688. The summed E-state index contributed by atoms with van der Waals surface area (Å²) < 4.78 is 5.45. The molecule has 0 bridgehead atoms. The van der Waals surface area contributed by atoms with Gasteiger partial charge in [-0.2, -0.15) is 0 Å². The Morgan fingerprint density at radius 2 is 1.90 bits per heavy atom. The molecule has 1 heterocycles. The average Bonchev–Trinajstić information content (AvgIpc) is 2.46. The Morgan fingerprint density at radius 3 is 2.48 bits per heavy atom. The molecular weight excluding hydrogens is 266 g/mol. The number of hydrogen-bond acceptors (Lipinski definition) is 4. The molecule has 5 nitrogen and oxygen atoms in total. The van der Waals surface area contributed by atoms with Crippen LogP contribution in [0.25, 0.3) is 0 Å². The fraction of sp³-hybridized carbons (Fsp3) is 0.562. The van der Waals surface area contributed by atoms with Crippen molar-refractivity contribution in [1.82, 2.24) is 9.80 Å². The van der Waals surface area contributed by atoms with Gasteiger partial charge in [0.2, 0.25) is 0 Å². The standard InChI is InChI=1S/C16H25N3O2/c1-4-21-15-10-13(9-14(17)11-15)16(20)19-7-5-18(6-8-19)12(2)3/h9-12H,4-8,17H2,1-3H3. The third-order valence-electron chi connectivity index (χ3n) is 3.82. The number of ether oxygens (including phenoxy) is 1. The second-order valence-corrected chi connectivity index (χ2v) is 5.65. The molecule has 1 aromatic rings. The minimum Gasteiger partial charge on any atom is -0.494 e. The van der Waals surface area contributed by atoms with Gasteiger partial charge >= 0.3 is 0 Å². The van der Waals surface area contributed by atoms with Crippen molar-refractivity contribution in [2.75, 3.05) is 38.5 Å². The van der Waals surface area contributed by atoms with Gasteiger partial charge in [-0.05, 0) is 32.9 Å². The van der Waals surface area contributed by atoms with E-state index in [0.717, 1.165) is 26.2 Å². The largest absolute Gasteiger partial charge is 0.494 e. The minimum absolute atomic E-state index is 0.0339. The van der Waals surface area contributed by atoms with Crippen LogP contribution >= 0.6 is 0 Å². The highest BCUT2D eigenvalue weighted by atomic mass is 16.5. The van der Waals surface area contributed by atoms with Crippen LogP contribution in [0.1, 0.15) is 31.1 Å². The molecule has 0 aromatic heterocycles. The monoisotopic (exact) mass is 291 g/mol. The fourth-order valence-electron chi connectivity index (χ4n) is 2.62. The van der Waals surface area contributed by atoms with Gasteiger partial charge in [-0.15, -0.1) is 0 Å². The number of nitrogens with two attached hydrogens (primary N) is 1. The van der Waals surface area contributed by atoms with Crippen LogP contribution < -0.4 is 10.5 Å².